The number of rotatable bonds is 2. The molecule has 0 aliphatic heterocycles. The second kappa shape index (κ2) is 3.79. The van der Waals surface area contributed by atoms with Crippen molar-refractivity contribution in [3.63, 3.8) is 0 Å². The van der Waals surface area contributed by atoms with Gasteiger partial charge in [-0.3, -0.25) is 0 Å². The van der Waals surface area contributed by atoms with Crippen molar-refractivity contribution in [2.45, 2.75) is 0 Å². The Morgan fingerprint density at radius 2 is 2.47 bits per heavy atom. The third kappa shape index (κ3) is 1.93. The SMILES string of the molecule is NC(=O)NN=Cc1cccc2[nH]cnc12. The summed E-state index contributed by atoms with van der Waals surface area (Å²) in [6.07, 6.45) is 3.09. The fourth-order valence-corrected chi connectivity index (χ4v) is 1.26. The van der Waals surface area contributed by atoms with Gasteiger partial charge >= 0.3 is 6.03 Å². The van der Waals surface area contributed by atoms with Gasteiger partial charge in [0.2, 0.25) is 0 Å². The molecule has 0 bridgehead atoms. The Morgan fingerprint density at radius 1 is 1.60 bits per heavy atom. The van der Waals surface area contributed by atoms with Crippen LogP contribution < -0.4 is 11.2 Å². The number of amides is 2. The minimum Gasteiger partial charge on any atom is -0.350 e. The van der Waals surface area contributed by atoms with Crippen molar-refractivity contribution in [2.24, 2.45) is 10.8 Å². The number of aromatic nitrogens is 2. The lowest BCUT2D eigenvalue weighted by atomic mass is 10.2. The largest absolute Gasteiger partial charge is 0.350 e. The molecule has 0 aliphatic rings. The number of hydrogen-bond donors (Lipinski definition) is 3. The van der Waals surface area contributed by atoms with Crippen LogP contribution >= 0.6 is 0 Å². The number of benzene rings is 1. The molecule has 0 fully saturated rings. The molecule has 0 radical (unpaired) electrons. The summed E-state index contributed by atoms with van der Waals surface area (Å²) in [5.74, 6) is 0. The van der Waals surface area contributed by atoms with E-state index in [4.69, 9.17) is 5.73 Å². The molecule has 1 aromatic heterocycles. The number of nitrogens with one attached hydrogen (secondary N) is 2. The van der Waals surface area contributed by atoms with Crippen LogP contribution in [0.4, 0.5) is 4.79 Å². The molecule has 1 heterocycles. The van der Waals surface area contributed by atoms with Gasteiger partial charge < -0.3 is 10.7 Å². The number of aromatic amines is 1. The summed E-state index contributed by atoms with van der Waals surface area (Å²) in [7, 11) is 0. The second-order valence-corrected chi connectivity index (χ2v) is 2.88. The first kappa shape index (κ1) is 9.20. The summed E-state index contributed by atoms with van der Waals surface area (Å²) >= 11 is 0. The first-order valence-corrected chi connectivity index (χ1v) is 4.28. The molecule has 0 saturated heterocycles. The first-order valence-electron chi connectivity index (χ1n) is 4.28. The highest BCUT2D eigenvalue weighted by atomic mass is 16.2. The minimum absolute atomic E-state index is 0.694. The molecule has 6 heteroatoms. The van der Waals surface area contributed by atoms with E-state index in [1.807, 2.05) is 18.2 Å². The summed E-state index contributed by atoms with van der Waals surface area (Å²) in [6.45, 7) is 0. The van der Waals surface area contributed by atoms with Crippen LogP contribution in [0.5, 0.6) is 0 Å². The number of H-pyrrole nitrogens is 1. The summed E-state index contributed by atoms with van der Waals surface area (Å²) in [5.41, 5.74) is 9.51. The summed E-state index contributed by atoms with van der Waals surface area (Å²) < 4.78 is 0. The van der Waals surface area contributed by atoms with Crippen molar-refractivity contribution in [1.82, 2.24) is 15.4 Å². The highest BCUT2D eigenvalue weighted by Crippen LogP contribution is 2.11. The van der Waals surface area contributed by atoms with E-state index in [1.54, 1.807) is 6.33 Å². The van der Waals surface area contributed by atoms with Crippen molar-refractivity contribution in [2.75, 3.05) is 0 Å². The van der Waals surface area contributed by atoms with Crippen molar-refractivity contribution in [1.29, 1.82) is 0 Å². The van der Waals surface area contributed by atoms with Gasteiger partial charge in [-0.2, -0.15) is 5.10 Å². The maximum Gasteiger partial charge on any atom is 0.332 e. The van der Waals surface area contributed by atoms with E-state index >= 15 is 0 Å². The smallest absolute Gasteiger partial charge is 0.332 e. The third-order valence-electron chi connectivity index (χ3n) is 1.86. The summed E-state index contributed by atoms with van der Waals surface area (Å²) in [4.78, 5) is 17.5. The van der Waals surface area contributed by atoms with Gasteiger partial charge in [0.05, 0.1) is 23.6 Å². The maximum absolute atomic E-state index is 10.4. The number of carbonyl (C=O) groups excluding carboxylic acids is 1. The van der Waals surface area contributed by atoms with Crippen molar-refractivity contribution in [3.8, 4) is 0 Å². The third-order valence-corrected chi connectivity index (χ3v) is 1.86. The lowest BCUT2D eigenvalue weighted by Gasteiger charge is -1.94. The zero-order valence-electron chi connectivity index (χ0n) is 7.77. The Kier molecular flexibility index (Phi) is 2.32. The molecular weight excluding hydrogens is 194 g/mol. The number of para-hydroxylation sites is 1. The van der Waals surface area contributed by atoms with Crippen LogP contribution in [-0.4, -0.2) is 22.2 Å². The van der Waals surface area contributed by atoms with E-state index < -0.39 is 6.03 Å². The minimum atomic E-state index is -0.694. The molecular formula is C9H9N5O. The van der Waals surface area contributed by atoms with Crippen molar-refractivity contribution >= 4 is 23.3 Å². The number of fused-ring (bicyclic) bond motifs is 1. The molecule has 1 aromatic carbocycles. The van der Waals surface area contributed by atoms with E-state index in [-0.39, 0.29) is 0 Å². The van der Waals surface area contributed by atoms with Gasteiger partial charge in [0.15, 0.2) is 0 Å². The van der Waals surface area contributed by atoms with E-state index in [0.717, 1.165) is 16.6 Å². The molecule has 0 saturated carbocycles. The molecule has 2 amide bonds. The Bertz CT molecular complexity index is 516. The number of nitrogens with zero attached hydrogens (tertiary/aromatic N) is 2. The summed E-state index contributed by atoms with van der Waals surface area (Å²) in [6, 6.07) is 4.92. The first-order chi connectivity index (χ1) is 7.27. The molecule has 2 aromatic rings. The molecule has 4 N–H and O–H groups in total. The Labute approximate surface area is 85.2 Å². The van der Waals surface area contributed by atoms with Gasteiger partial charge in [-0.1, -0.05) is 12.1 Å². The van der Waals surface area contributed by atoms with Crippen LogP contribution in [0.15, 0.2) is 29.6 Å². The Morgan fingerprint density at radius 3 is 3.27 bits per heavy atom. The number of hydrazone groups is 1. The van der Waals surface area contributed by atoms with Gasteiger partial charge in [0, 0.05) is 5.56 Å². The molecule has 0 unspecified atom stereocenters. The number of urea groups is 1. The summed E-state index contributed by atoms with van der Waals surface area (Å²) in [5, 5.41) is 3.67. The maximum atomic E-state index is 10.4. The monoisotopic (exact) mass is 203 g/mol. The average Bonchev–Trinajstić information content (AvgIpc) is 2.65. The number of hydrogen-bond acceptors (Lipinski definition) is 3. The normalized spacial score (nSPS) is 10.9. The molecule has 6 nitrogen and oxygen atoms in total. The number of nitrogens with two attached hydrogens (primary N) is 1. The second-order valence-electron chi connectivity index (χ2n) is 2.88. The fraction of sp³-hybridized carbons (Fsp3) is 0. The number of imidazole rings is 1. The molecule has 2 rings (SSSR count). The van der Waals surface area contributed by atoms with Gasteiger partial charge in [0.25, 0.3) is 0 Å². The highest BCUT2D eigenvalue weighted by molar-refractivity contribution is 5.96. The van der Waals surface area contributed by atoms with Crippen LogP contribution in [0.3, 0.4) is 0 Å². The lowest BCUT2D eigenvalue weighted by Crippen LogP contribution is -2.24. The molecule has 76 valence electrons. The van der Waals surface area contributed by atoms with Gasteiger partial charge in [-0.05, 0) is 6.07 Å². The predicted octanol–water partition coefficient (Wildman–Crippen LogP) is 0.565. The molecule has 0 atom stereocenters. The quantitative estimate of drug-likeness (QED) is 0.491. The van der Waals surface area contributed by atoms with E-state index in [9.17, 15) is 4.79 Å². The molecule has 0 aliphatic carbocycles. The number of primary amides is 1. The van der Waals surface area contributed by atoms with Crippen molar-refractivity contribution < 1.29 is 4.79 Å². The van der Waals surface area contributed by atoms with Crippen LogP contribution in [0, 0.1) is 0 Å². The van der Waals surface area contributed by atoms with Crippen LogP contribution in [-0.2, 0) is 0 Å². The lowest BCUT2D eigenvalue weighted by molar-refractivity contribution is 0.249. The zero-order chi connectivity index (χ0) is 10.7. The van der Waals surface area contributed by atoms with Crippen LogP contribution in [0.2, 0.25) is 0 Å². The van der Waals surface area contributed by atoms with Crippen LogP contribution in [0.1, 0.15) is 5.56 Å². The zero-order valence-corrected chi connectivity index (χ0v) is 7.77. The predicted molar refractivity (Wildman–Crippen MR) is 56.4 cm³/mol. The topological polar surface area (TPSA) is 96.2 Å². The van der Waals surface area contributed by atoms with Gasteiger partial charge in [0.1, 0.15) is 0 Å². The van der Waals surface area contributed by atoms with E-state index in [2.05, 4.69) is 20.5 Å². The standard InChI is InChI=1S/C9H9N5O/c10-9(15)14-13-4-6-2-1-3-7-8(6)12-5-11-7/h1-5H,(H,11,12)(H3,10,14,15). The fourth-order valence-electron chi connectivity index (χ4n) is 1.26. The highest BCUT2D eigenvalue weighted by Gasteiger charge is 1.99. The number of carbonyl (C=O) groups is 1. The Balaban J connectivity index is 2.31. The van der Waals surface area contributed by atoms with Gasteiger partial charge in [-0.15, -0.1) is 0 Å². The van der Waals surface area contributed by atoms with E-state index in [0.29, 0.717) is 0 Å². The van der Waals surface area contributed by atoms with Crippen LogP contribution in [0.25, 0.3) is 11.0 Å². The van der Waals surface area contributed by atoms with E-state index in [1.165, 1.54) is 6.21 Å². The molecule has 15 heavy (non-hydrogen) atoms. The van der Waals surface area contributed by atoms with Crippen molar-refractivity contribution in [3.05, 3.63) is 30.1 Å². The Hall–Kier alpha value is -2.37. The molecule has 0 spiro atoms. The van der Waals surface area contributed by atoms with Gasteiger partial charge in [-0.25, -0.2) is 15.2 Å². The average molecular weight is 203 g/mol.